The number of benzene rings is 1. The van der Waals surface area contributed by atoms with Crippen molar-refractivity contribution in [3.63, 3.8) is 0 Å². The molecule has 3 amide bonds. The van der Waals surface area contributed by atoms with Crippen molar-refractivity contribution in [3.05, 3.63) is 39.9 Å². The number of hydrogen-bond donors (Lipinski definition) is 2. The maximum absolute atomic E-state index is 12.8. The number of hydrogen-bond acceptors (Lipinski definition) is 5. The zero-order valence-corrected chi connectivity index (χ0v) is 15.6. The molecule has 1 fully saturated rings. The predicted molar refractivity (Wildman–Crippen MR) is 101 cm³/mol. The molecule has 2 aliphatic heterocycles. The number of aldehydes is 1. The van der Waals surface area contributed by atoms with Gasteiger partial charge in [0.1, 0.15) is 10.6 Å². The summed E-state index contributed by atoms with van der Waals surface area (Å²) >= 11 is 7.01. The molecule has 1 atom stereocenters. The summed E-state index contributed by atoms with van der Waals surface area (Å²) in [4.78, 5) is 42.4. The smallest absolute Gasteiger partial charge is 0.407 e. The van der Waals surface area contributed by atoms with Crippen LogP contribution in [0.15, 0.2) is 24.4 Å². The number of anilines is 2. The topological polar surface area (TPSA) is 103 Å². The zero-order chi connectivity index (χ0) is 19.2. The highest BCUT2D eigenvalue weighted by Gasteiger charge is 2.50. The van der Waals surface area contributed by atoms with Crippen LogP contribution in [0.4, 0.5) is 20.4 Å². The van der Waals surface area contributed by atoms with E-state index in [4.69, 9.17) is 11.6 Å². The third-order valence-electron chi connectivity index (χ3n) is 5.04. The second-order valence-corrected chi connectivity index (χ2v) is 8.28. The number of nitrogens with zero attached hydrogens (tertiary/aromatic N) is 3. The van der Waals surface area contributed by atoms with E-state index < -0.39 is 11.5 Å². The van der Waals surface area contributed by atoms with Crippen molar-refractivity contribution in [2.75, 3.05) is 29.9 Å². The summed E-state index contributed by atoms with van der Waals surface area (Å²) in [6.07, 6.45) is 1.80. The lowest BCUT2D eigenvalue weighted by Crippen LogP contribution is -2.41. The van der Waals surface area contributed by atoms with Gasteiger partial charge in [0, 0.05) is 36.3 Å². The van der Waals surface area contributed by atoms with E-state index in [2.05, 4.69) is 10.3 Å². The van der Waals surface area contributed by atoms with Gasteiger partial charge in [0.15, 0.2) is 5.13 Å². The van der Waals surface area contributed by atoms with Gasteiger partial charge in [-0.05, 0) is 30.2 Å². The van der Waals surface area contributed by atoms with Crippen molar-refractivity contribution < 1.29 is 19.5 Å². The lowest BCUT2D eigenvalue weighted by Gasteiger charge is -2.25. The summed E-state index contributed by atoms with van der Waals surface area (Å²) in [7, 11) is 0. The molecule has 2 aliphatic rings. The molecule has 1 spiro atoms. The molecule has 1 saturated heterocycles. The fourth-order valence-corrected chi connectivity index (χ4v) is 4.60. The van der Waals surface area contributed by atoms with Crippen LogP contribution in [0.2, 0.25) is 4.34 Å². The standard InChI is InChI=1S/C17H15ClN4O4S/c18-13-6-19-14(27-13)20-15(24)22-9-17(3-4-21(8-17)16(25)26)11-5-10(7-23)1-2-12(11)22/h1-2,5-7H,3-4,8-9H2,(H,25,26)(H,19,20,24). The molecule has 10 heteroatoms. The minimum atomic E-state index is -0.986. The number of fused-ring (bicyclic) bond motifs is 2. The van der Waals surface area contributed by atoms with Crippen molar-refractivity contribution in [1.82, 2.24) is 9.88 Å². The summed E-state index contributed by atoms with van der Waals surface area (Å²) in [6, 6.07) is 4.76. The van der Waals surface area contributed by atoms with Crippen molar-refractivity contribution in [2.45, 2.75) is 11.8 Å². The van der Waals surface area contributed by atoms with Crippen LogP contribution >= 0.6 is 22.9 Å². The Morgan fingerprint density at radius 2 is 2.19 bits per heavy atom. The molecule has 1 unspecified atom stereocenters. The third kappa shape index (κ3) is 3.02. The zero-order valence-electron chi connectivity index (χ0n) is 14.0. The molecule has 1 aromatic carbocycles. The van der Waals surface area contributed by atoms with E-state index in [0.29, 0.717) is 40.2 Å². The largest absolute Gasteiger partial charge is 0.465 e. The quantitative estimate of drug-likeness (QED) is 0.745. The van der Waals surface area contributed by atoms with E-state index in [1.54, 1.807) is 23.1 Å². The molecule has 0 saturated carbocycles. The Bertz CT molecular complexity index is 949. The van der Waals surface area contributed by atoms with Crippen LogP contribution in [0.5, 0.6) is 0 Å². The second-order valence-electron chi connectivity index (χ2n) is 6.61. The Morgan fingerprint density at radius 1 is 1.37 bits per heavy atom. The Hall–Kier alpha value is -2.65. The minimum absolute atomic E-state index is 0.282. The Morgan fingerprint density at radius 3 is 2.81 bits per heavy atom. The first-order chi connectivity index (χ1) is 12.9. The summed E-state index contributed by atoms with van der Waals surface area (Å²) < 4.78 is 0.465. The van der Waals surface area contributed by atoms with Crippen LogP contribution in [0.3, 0.4) is 0 Å². The average Bonchev–Trinajstić information content (AvgIpc) is 3.34. The number of halogens is 1. The second kappa shape index (κ2) is 6.50. The van der Waals surface area contributed by atoms with Crippen LogP contribution in [-0.4, -0.2) is 53.0 Å². The van der Waals surface area contributed by atoms with Gasteiger partial charge in [-0.2, -0.15) is 0 Å². The van der Waals surface area contributed by atoms with Gasteiger partial charge in [0.05, 0.1) is 6.20 Å². The van der Waals surface area contributed by atoms with Gasteiger partial charge in [-0.3, -0.25) is 15.0 Å². The minimum Gasteiger partial charge on any atom is -0.465 e. The van der Waals surface area contributed by atoms with E-state index in [1.807, 2.05) is 0 Å². The van der Waals surface area contributed by atoms with Gasteiger partial charge in [-0.15, -0.1) is 0 Å². The van der Waals surface area contributed by atoms with Gasteiger partial charge < -0.3 is 10.0 Å². The molecule has 4 rings (SSSR count). The normalized spacial score (nSPS) is 20.8. The lowest BCUT2D eigenvalue weighted by atomic mass is 9.81. The molecule has 2 aromatic rings. The number of aromatic nitrogens is 1. The van der Waals surface area contributed by atoms with Gasteiger partial charge in [0.25, 0.3) is 0 Å². The Balaban J connectivity index is 1.68. The van der Waals surface area contributed by atoms with E-state index in [9.17, 15) is 19.5 Å². The van der Waals surface area contributed by atoms with Crippen molar-refractivity contribution in [1.29, 1.82) is 0 Å². The fourth-order valence-electron chi connectivity index (χ4n) is 3.80. The number of amides is 3. The first-order valence-electron chi connectivity index (χ1n) is 8.19. The molecule has 27 heavy (non-hydrogen) atoms. The monoisotopic (exact) mass is 406 g/mol. The number of carbonyl (C=O) groups excluding carboxylic acids is 2. The van der Waals surface area contributed by atoms with Crippen LogP contribution in [0.25, 0.3) is 0 Å². The van der Waals surface area contributed by atoms with E-state index >= 15 is 0 Å². The molecule has 0 aliphatic carbocycles. The van der Waals surface area contributed by atoms with Crippen LogP contribution in [0.1, 0.15) is 22.3 Å². The maximum atomic E-state index is 12.8. The lowest BCUT2D eigenvalue weighted by molar-refractivity contribution is 0.112. The first kappa shape index (κ1) is 17.7. The molecule has 140 valence electrons. The van der Waals surface area contributed by atoms with Gasteiger partial charge in [0.2, 0.25) is 0 Å². The molecule has 2 N–H and O–H groups in total. The molecular weight excluding hydrogens is 392 g/mol. The summed E-state index contributed by atoms with van der Waals surface area (Å²) in [6.45, 7) is 1.00. The molecule has 0 bridgehead atoms. The fraction of sp³-hybridized carbons (Fsp3) is 0.294. The van der Waals surface area contributed by atoms with Crippen molar-refractivity contribution >= 4 is 52.2 Å². The molecule has 8 nitrogen and oxygen atoms in total. The highest BCUT2D eigenvalue weighted by Crippen LogP contribution is 2.47. The van der Waals surface area contributed by atoms with Crippen LogP contribution in [0, 0.1) is 0 Å². The molecule has 3 heterocycles. The number of carboxylic acid groups (broad SMARTS) is 1. The number of likely N-dealkylation sites (tertiary alicyclic amines) is 1. The molecule has 0 radical (unpaired) electrons. The highest BCUT2D eigenvalue weighted by molar-refractivity contribution is 7.19. The Labute approximate surface area is 163 Å². The van der Waals surface area contributed by atoms with E-state index in [-0.39, 0.29) is 12.6 Å². The Kier molecular flexibility index (Phi) is 4.27. The van der Waals surface area contributed by atoms with E-state index in [0.717, 1.165) is 23.2 Å². The number of thiazole rings is 1. The molecule has 1 aromatic heterocycles. The van der Waals surface area contributed by atoms with Crippen LogP contribution in [-0.2, 0) is 5.41 Å². The van der Waals surface area contributed by atoms with Crippen LogP contribution < -0.4 is 10.2 Å². The predicted octanol–water partition coefficient (Wildman–Crippen LogP) is 3.28. The summed E-state index contributed by atoms with van der Waals surface area (Å²) in [5.74, 6) is 0. The van der Waals surface area contributed by atoms with E-state index in [1.165, 1.54) is 11.1 Å². The van der Waals surface area contributed by atoms with Crippen molar-refractivity contribution in [3.8, 4) is 0 Å². The number of urea groups is 1. The van der Waals surface area contributed by atoms with Gasteiger partial charge in [-0.1, -0.05) is 22.9 Å². The van der Waals surface area contributed by atoms with Crippen molar-refractivity contribution in [2.24, 2.45) is 0 Å². The summed E-state index contributed by atoms with van der Waals surface area (Å²) in [5.41, 5.74) is 1.47. The maximum Gasteiger partial charge on any atom is 0.407 e. The van der Waals surface area contributed by atoms with Gasteiger partial charge >= 0.3 is 12.1 Å². The van der Waals surface area contributed by atoms with Gasteiger partial charge in [-0.25, -0.2) is 14.6 Å². The molecular formula is C17H15ClN4O4S. The third-order valence-corrected chi connectivity index (χ3v) is 6.07. The summed E-state index contributed by atoms with van der Waals surface area (Å²) in [5, 5.41) is 12.4. The number of rotatable bonds is 2. The number of nitrogens with one attached hydrogen (secondary N) is 1. The SMILES string of the molecule is O=Cc1ccc2c(c1)C1(CCN(C(=O)O)C1)CN2C(=O)Nc1ncc(Cl)s1. The number of carbonyl (C=O) groups is 3. The highest BCUT2D eigenvalue weighted by atomic mass is 35.5. The first-order valence-corrected chi connectivity index (χ1v) is 9.39. The average molecular weight is 407 g/mol.